The van der Waals surface area contributed by atoms with Crippen molar-refractivity contribution in [2.45, 2.75) is 18.1 Å². The first-order valence-corrected chi connectivity index (χ1v) is 9.38. The van der Waals surface area contributed by atoms with Crippen molar-refractivity contribution in [2.24, 2.45) is 10.2 Å². The highest BCUT2D eigenvalue weighted by atomic mass is 32.2. The second-order valence-corrected chi connectivity index (χ2v) is 7.27. The summed E-state index contributed by atoms with van der Waals surface area (Å²) in [6, 6.07) is 11.5. The zero-order valence-corrected chi connectivity index (χ0v) is 14.6. The molecule has 1 atom stereocenters. The molecule has 1 amide bonds. The number of rotatable bonds is 6. The molecule has 1 aliphatic heterocycles. The van der Waals surface area contributed by atoms with E-state index in [0.717, 1.165) is 22.0 Å². The van der Waals surface area contributed by atoms with Crippen LogP contribution in [0.2, 0.25) is 0 Å². The van der Waals surface area contributed by atoms with Gasteiger partial charge in [-0.05, 0) is 35.4 Å². The predicted octanol–water partition coefficient (Wildman–Crippen LogP) is 4.57. The molecule has 0 spiro atoms. The molecule has 1 N–H and O–H groups in total. The van der Waals surface area contributed by atoms with E-state index in [0.29, 0.717) is 12.8 Å². The van der Waals surface area contributed by atoms with Crippen molar-refractivity contribution in [3.63, 3.8) is 0 Å². The topological polar surface area (TPSA) is 53.8 Å². The lowest BCUT2D eigenvalue weighted by atomic mass is 10.2. The van der Waals surface area contributed by atoms with Crippen LogP contribution in [0.3, 0.4) is 0 Å². The molecule has 1 unspecified atom stereocenters. The number of allylic oxidation sites excluding steroid dienone is 1. The van der Waals surface area contributed by atoms with Gasteiger partial charge in [0.1, 0.15) is 5.04 Å². The van der Waals surface area contributed by atoms with Gasteiger partial charge >= 0.3 is 0 Å². The van der Waals surface area contributed by atoms with Crippen LogP contribution in [0.1, 0.15) is 18.4 Å². The van der Waals surface area contributed by atoms with E-state index in [2.05, 4.69) is 27.5 Å². The summed E-state index contributed by atoms with van der Waals surface area (Å²) in [5, 5.41) is 16.1. The van der Waals surface area contributed by atoms with Crippen LogP contribution in [-0.4, -0.2) is 21.9 Å². The van der Waals surface area contributed by atoms with Crippen LogP contribution in [0.25, 0.3) is 0 Å². The molecule has 2 aromatic rings. The standard InChI is InChI=1S/C18H17N3OS2/c1-2-6-16(18(22)19-14-7-4-3-5-8-14)24-17-11-15(20-21-17)13-9-10-23-12-13/h2-5,7-10,12,16H,1,6,11H2,(H,19,22). The van der Waals surface area contributed by atoms with Crippen LogP contribution in [0, 0.1) is 0 Å². The van der Waals surface area contributed by atoms with E-state index in [-0.39, 0.29) is 11.2 Å². The molecule has 0 fully saturated rings. The molecule has 1 aromatic heterocycles. The Bertz CT molecular complexity index is 767. The molecule has 122 valence electrons. The van der Waals surface area contributed by atoms with Gasteiger partial charge < -0.3 is 5.32 Å². The van der Waals surface area contributed by atoms with E-state index in [1.165, 1.54) is 11.8 Å². The summed E-state index contributed by atoms with van der Waals surface area (Å²) in [6.07, 6.45) is 3.02. The molecule has 2 heterocycles. The smallest absolute Gasteiger partial charge is 0.238 e. The molecule has 1 aromatic carbocycles. The first kappa shape index (κ1) is 16.7. The second kappa shape index (κ2) is 8.08. The number of nitrogens with one attached hydrogen (secondary N) is 1. The van der Waals surface area contributed by atoms with E-state index in [4.69, 9.17) is 0 Å². The van der Waals surface area contributed by atoms with Crippen LogP contribution < -0.4 is 5.32 Å². The van der Waals surface area contributed by atoms with E-state index in [1.54, 1.807) is 17.4 Å². The van der Waals surface area contributed by atoms with Gasteiger partial charge in [-0.3, -0.25) is 4.79 Å². The summed E-state index contributed by atoms with van der Waals surface area (Å²) in [4.78, 5) is 12.5. The Kier molecular flexibility index (Phi) is 5.61. The predicted molar refractivity (Wildman–Crippen MR) is 104 cm³/mol. The second-order valence-electron chi connectivity index (χ2n) is 5.22. The maximum absolute atomic E-state index is 12.5. The Morgan fingerprint density at radius 1 is 1.33 bits per heavy atom. The van der Waals surface area contributed by atoms with Crippen molar-refractivity contribution < 1.29 is 4.79 Å². The number of para-hydroxylation sites is 1. The lowest BCUT2D eigenvalue weighted by Crippen LogP contribution is -2.26. The van der Waals surface area contributed by atoms with Gasteiger partial charge in [0, 0.05) is 17.7 Å². The number of amides is 1. The average Bonchev–Trinajstić information content (AvgIpc) is 3.26. The summed E-state index contributed by atoms with van der Waals surface area (Å²) < 4.78 is 0. The maximum Gasteiger partial charge on any atom is 0.238 e. The number of nitrogens with zero attached hydrogens (tertiary/aromatic N) is 2. The van der Waals surface area contributed by atoms with Crippen molar-refractivity contribution in [3.05, 3.63) is 65.4 Å². The third-order valence-electron chi connectivity index (χ3n) is 3.45. The molecule has 0 saturated carbocycles. The van der Waals surface area contributed by atoms with Gasteiger partial charge in [-0.1, -0.05) is 36.0 Å². The summed E-state index contributed by atoms with van der Waals surface area (Å²) in [7, 11) is 0. The van der Waals surface area contributed by atoms with E-state index >= 15 is 0 Å². The maximum atomic E-state index is 12.5. The summed E-state index contributed by atoms with van der Waals surface area (Å²) >= 11 is 3.10. The molecule has 1 aliphatic rings. The Morgan fingerprint density at radius 3 is 2.88 bits per heavy atom. The number of benzene rings is 1. The highest BCUT2D eigenvalue weighted by molar-refractivity contribution is 8.15. The van der Waals surface area contributed by atoms with Crippen molar-refractivity contribution in [3.8, 4) is 0 Å². The van der Waals surface area contributed by atoms with Crippen molar-refractivity contribution in [1.82, 2.24) is 0 Å². The van der Waals surface area contributed by atoms with Gasteiger partial charge in [-0.25, -0.2) is 0 Å². The molecule has 4 nitrogen and oxygen atoms in total. The zero-order chi connectivity index (χ0) is 16.8. The number of hydrogen-bond acceptors (Lipinski definition) is 5. The van der Waals surface area contributed by atoms with Crippen molar-refractivity contribution >= 4 is 45.4 Å². The van der Waals surface area contributed by atoms with E-state index in [9.17, 15) is 4.79 Å². The molecule has 0 bridgehead atoms. The largest absolute Gasteiger partial charge is 0.325 e. The van der Waals surface area contributed by atoms with E-state index < -0.39 is 0 Å². The lowest BCUT2D eigenvalue weighted by molar-refractivity contribution is -0.115. The monoisotopic (exact) mass is 355 g/mol. The molecule has 0 radical (unpaired) electrons. The van der Waals surface area contributed by atoms with E-state index in [1.807, 2.05) is 41.8 Å². The highest BCUT2D eigenvalue weighted by Crippen LogP contribution is 2.26. The fourth-order valence-electron chi connectivity index (χ4n) is 2.25. The summed E-state index contributed by atoms with van der Waals surface area (Å²) in [6.45, 7) is 3.76. The van der Waals surface area contributed by atoms with Gasteiger partial charge in [0.25, 0.3) is 0 Å². The van der Waals surface area contributed by atoms with Crippen LogP contribution in [-0.2, 0) is 4.79 Å². The first-order valence-electron chi connectivity index (χ1n) is 7.55. The molecular formula is C18H17N3OS2. The quantitative estimate of drug-likeness (QED) is 0.772. The third-order valence-corrected chi connectivity index (χ3v) is 5.32. The Hall–Kier alpha value is -2.18. The molecule has 24 heavy (non-hydrogen) atoms. The fourth-order valence-corrected chi connectivity index (χ4v) is 3.95. The number of thioether (sulfide) groups is 1. The van der Waals surface area contributed by atoms with Crippen LogP contribution in [0.4, 0.5) is 5.69 Å². The minimum atomic E-state index is -0.265. The number of thiophene rings is 1. The minimum absolute atomic E-state index is 0.0437. The summed E-state index contributed by atoms with van der Waals surface area (Å²) in [5.41, 5.74) is 2.86. The van der Waals surface area contributed by atoms with Gasteiger partial charge in [0.15, 0.2) is 0 Å². The first-order chi connectivity index (χ1) is 11.8. The zero-order valence-electron chi connectivity index (χ0n) is 13.0. The molecule has 0 aliphatic carbocycles. The third kappa shape index (κ3) is 4.21. The SMILES string of the molecule is C=CCC(SC1=NN=C(c2ccsc2)C1)C(=O)Nc1ccccc1. The Labute approximate surface area is 149 Å². The summed E-state index contributed by atoms with van der Waals surface area (Å²) in [5.74, 6) is -0.0437. The highest BCUT2D eigenvalue weighted by Gasteiger charge is 2.24. The minimum Gasteiger partial charge on any atom is -0.325 e. The van der Waals surface area contributed by atoms with Crippen LogP contribution >= 0.6 is 23.1 Å². The van der Waals surface area contributed by atoms with Crippen molar-refractivity contribution in [2.75, 3.05) is 5.32 Å². The average molecular weight is 355 g/mol. The molecule has 6 heteroatoms. The van der Waals surface area contributed by atoms with Crippen LogP contribution in [0.5, 0.6) is 0 Å². The fraction of sp³-hybridized carbons (Fsp3) is 0.167. The normalized spacial score (nSPS) is 14.7. The van der Waals surface area contributed by atoms with Gasteiger partial charge in [-0.15, -0.1) is 11.7 Å². The molecular weight excluding hydrogens is 338 g/mol. The lowest BCUT2D eigenvalue weighted by Gasteiger charge is -2.14. The molecule has 3 rings (SSSR count). The number of hydrogen-bond donors (Lipinski definition) is 1. The number of carbonyl (C=O) groups excluding carboxylic acids is 1. The van der Waals surface area contributed by atoms with Crippen molar-refractivity contribution in [1.29, 1.82) is 0 Å². The molecule has 0 saturated heterocycles. The Balaban J connectivity index is 1.60. The van der Waals surface area contributed by atoms with Crippen LogP contribution in [0.15, 0.2) is 70.0 Å². The van der Waals surface area contributed by atoms with Gasteiger partial charge in [-0.2, -0.15) is 16.4 Å². The van der Waals surface area contributed by atoms with Gasteiger partial charge in [0.2, 0.25) is 5.91 Å². The number of carbonyl (C=O) groups is 1. The number of anilines is 1. The van der Waals surface area contributed by atoms with Gasteiger partial charge in [0.05, 0.1) is 11.0 Å². The Morgan fingerprint density at radius 2 is 2.17 bits per heavy atom.